The molecule has 0 unspecified atom stereocenters. The molecule has 4 nitrogen and oxygen atoms in total. The number of carboxylic acids is 1. The van der Waals surface area contributed by atoms with E-state index in [-0.39, 0.29) is 0 Å². The van der Waals surface area contributed by atoms with Gasteiger partial charge in [-0.05, 0) is 25.3 Å². The molecule has 1 N–H and O–H groups in total. The van der Waals surface area contributed by atoms with Crippen LogP contribution in [0.5, 0.6) is 5.88 Å². The van der Waals surface area contributed by atoms with Gasteiger partial charge in [-0.3, -0.25) is 0 Å². The van der Waals surface area contributed by atoms with E-state index >= 15 is 0 Å². The van der Waals surface area contributed by atoms with Crippen LogP contribution in [-0.2, 0) is 4.79 Å². The second-order valence-corrected chi connectivity index (χ2v) is 4.70. The van der Waals surface area contributed by atoms with Crippen LogP contribution < -0.4 is 4.74 Å². The summed E-state index contributed by atoms with van der Waals surface area (Å²) in [6.07, 6.45) is 14.9. The van der Waals surface area contributed by atoms with Gasteiger partial charge in [0, 0.05) is 18.3 Å². The van der Waals surface area contributed by atoms with Gasteiger partial charge in [0.15, 0.2) is 0 Å². The molecule has 21 heavy (non-hydrogen) atoms. The molecular formula is C17H23NO3. The van der Waals surface area contributed by atoms with Crippen LogP contribution in [0.15, 0.2) is 48.7 Å². The molecule has 0 aromatic carbocycles. The number of carboxylic acid groups (broad SMARTS) is 1. The third kappa shape index (κ3) is 10.4. The topological polar surface area (TPSA) is 59.4 Å². The van der Waals surface area contributed by atoms with Crippen molar-refractivity contribution in [2.45, 2.75) is 38.5 Å². The number of allylic oxidation sites excluding steroid dienone is 3. The Morgan fingerprint density at radius 3 is 2.71 bits per heavy atom. The molecule has 114 valence electrons. The molecule has 1 rings (SSSR count). The van der Waals surface area contributed by atoms with Crippen molar-refractivity contribution >= 4 is 5.97 Å². The molecule has 0 fully saturated rings. The van der Waals surface area contributed by atoms with Gasteiger partial charge >= 0.3 is 5.97 Å². The molecule has 0 saturated carbocycles. The third-order valence-corrected chi connectivity index (χ3v) is 2.89. The highest BCUT2D eigenvalue weighted by Crippen LogP contribution is 2.08. The fourth-order valence-electron chi connectivity index (χ4n) is 1.82. The van der Waals surface area contributed by atoms with Gasteiger partial charge in [-0.15, -0.1) is 0 Å². The van der Waals surface area contributed by atoms with E-state index in [9.17, 15) is 4.79 Å². The van der Waals surface area contributed by atoms with Crippen LogP contribution in [0, 0.1) is 0 Å². The van der Waals surface area contributed by atoms with E-state index in [1.165, 1.54) is 12.8 Å². The number of nitrogens with zero attached hydrogens (tertiary/aromatic N) is 1. The van der Waals surface area contributed by atoms with Crippen molar-refractivity contribution < 1.29 is 14.6 Å². The number of aromatic nitrogens is 1. The van der Waals surface area contributed by atoms with Crippen molar-refractivity contribution in [3.8, 4) is 5.88 Å². The average Bonchev–Trinajstić information content (AvgIpc) is 2.49. The summed E-state index contributed by atoms with van der Waals surface area (Å²) in [6, 6.07) is 5.66. The Labute approximate surface area is 126 Å². The van der Waals surface area contributed by atoms with Crippen LogP contribution >= 0.6 is 0 Å². The summed E-state index contributed by atoms with van der Waals surface area (Å²) in [5.41, 5.74) is 0. The molecule has 0 aliphatic heterocycles. The lowest BCUT2D eigenvalue weighted by molar-refractivity contribution is -0.131. The second kappa shape index (κ2) is 11.7. The number of pyridine rings is 1. The summed E-state index contributed by atoms with van der Waals surface area (Å²) in [6.45, 7) is 0.719. The maximum atomic E-state index is 10.2. The first-order chi connectivity index (χ1) is 10.3. The molecule has 0 saturated heterocycles. The Morgan fingerprint density at radius 2 is 1.95 bits per heavy atom. The fraction of sp³-hybridized carbons (Fsp3) is 0.412. The van der Waals surface area contributed by atoms with Crippen molar-refractivity contribution in [2.75, 3.05) is 6.61 Å². The Kier molecular flexibility index (Phi) is 9.45. The van der Waals surface area contributed by atoms with Gasteiger partial charge in [0.25, 0.3) is 0 Å². The predicted octanol–water partition coefficient (Wildman–Crippen LogP) is 4.00. The molecule has 0 aliphatic carbocycles. The van der Waals surface area contributed by atoms with E-state index < -0.39 is 5.97 Å². The van der Waals surface area contributed by atoms with Crippen LogP contribution in [-0.4, -0.2) is 22.7 Å². The van der Waals surface area contributed by atoms with Crippen molar-refractivity contribution in [1.29, 1.82) is 0 Å². The van der Waals surface area contributed by atoms with Crippen LogP contribution in [0.2, 0.25) is 0 Å². The fourth-order valence-corrected chi connectivity index (χ4v) is 1.82. The van der Waals surface area contributed by atoms with Gasteiger partial charge < -0.3 is 9.84 Å². The van der Waals surface area contributed by atoms with Crippen LogP contribution in [0.25, 0.3) is 0 Å². The number of aliphatic carboxylic acids is 1. The van der Waals surface area contributed by atoms with E-state index in [1.54, 1.807) is 18.3 Å². The molecular weight excluding hydrogens is 266 g/mol. The van der Waals surface area contributed by atoms with Crippen LogP contribution in [0.3, 0.4) is 0 Å². The van der Waals surface area contributed by atoms with E-state index in [4.69, 9.17) is 9.84 Å². The van der Waals surface area contributed by atoms with Gasteiger partial charge in [0.1, 0.15) is 0 Å². The third-order valence-electron chi connectivity index (χ3n) is 2.89. The number of hydrogen-bond acceptors (Lipinski definition) is 3. The van der Waals surface area contributed by atoms with Crippen molar-refractivity contribution in [3.63, 3.8) is 0 Å². The molecule has 0 amide bonds. The zero-order chi connectivity index (χ0) is 15.2. The van der Waals surface area contributed by atoms with E-state index in [0.717, 1.165) is 38.4 Å². The molecule has 0 atom stereocenters. The predicted molar refractivity (Wildman–Crippen MR) is 83.3 cm³/mol. The summed E-state index contributed by atoms with van der Waals surface area (Å²) in [4.78, 5) is 14.3. The Bertz CT molecular complexity index is 441. The van der Waals surface area contributed by atoms with Crippen molar-refractivity contribution in [3.05, 3.63) is 48.7 Å². The standard InChI is InChI=1S/C17H23NO3/c19-17(20)13-8-6-4-2-1-3-5-7-11-15-21-16-12-9-10-14-18-16/h4,6,8-10,12-14H,1-3,5,7,11,15H2,(H,19,20). The summed E-state index contributed by atoms with van der Waals surface area (Å²) in [5.74, 6) is -0.218. The second-order valence-electron chi connectivity index (χ2n) is 4.70. The molecule has 0 aliphatic rings. The van der Waals surface area contributed by atoms with Gasteiger partial charge in [0.05, 0.1) is 6.61 Å². The number of rotatable bonds is 11. The minimum absolute atomic E-state index is 0.692. The maximum absolute atomic E-state index is 10.2. The lowest BCUT2D eigenvalue weighted by atomic mass is 10.1. The summed E-state index contributed by atoms with van der Waals surface area (Å²) >= 11 is 0. The molecule has 1 aromatic heterocycles. The highest BCUT2D eigenvalue weighted by molar-refractivity contribution is 5.80. The smallest absolute Gasteiger partial charge is 0.328 e. The lowest BCUT2D eigenvalue weighted by Gasteiger charge is -2.04. The first-order valence-corrected chi connectivity index (χ1v) is 7.39. The van der Waals surface area contributed by atoms with E-state index in [0.29, 0.717) is 5.88 Å². The quantitative estimate of drug-likeness (QED) is 0.380. The Hall–Kier alpha value is -2.10. The van der Waals surface area contributed by atoms with Gasteiger partial charge in [-0.2, -0.15) is 0 Å². The largest absolute Gasteiger partial charge is 0.478 e. The zero-order valence-corrected chi connectivity index (χ0v) is 12.3. The maximum Gasteiger partial charge on any atom is 0.328 e. The molecule has 0 radical (unpaired) electrons. The van der Waals surface area contributed by atoms with Crippen molar-refractivity contribution in [2.24, 2.45) is 0 Å². The Morgan fingerprint density at radius 1 is 1.14 bits per heavy atom. The highest BCUT2D eigenvalue weighted by Gasteiger charge is 1.93. The number of carbonyl (C=O) groups is 1. The van der Waals surface area contributed by atoms with Gasteiger partial charge in [-0.1, -0.05) is 43.6 Å². The van der Waals surface area contributed by atoms with Gasteiger partial charge in [0.2, 0.25) is 5.88 Å². The average molecular weight is 289 g/mol. The Balaban J connectivity index is 1.88. The summed E-state index contributed by atoms with van der Waals surface area (Å²) in [5, 5.41) is 8.39. The van der Waals surface area contributed by atoms with Crippen molar-refractivity contribution in [1.82, 2.24) is 4.98 Å². The lowest BCUT2D eigenvalue weighted by Crippen LogP contribution is -1.98. The molecule has 0 spiro atoms. The van der Waals surface area contributed by atoms with E-state index in [1.807, 2.05) is 24.3 Å². The molecule has 4 heteroatoms. The first kappa shape index (κ1) is 17.0. The number of ether oxygens (including phenoxy) is 1. The minimum atomic E-state index is -0.910. The molecule has 0 bridgehead atoms. The molecule has 1 heterocycles. The van der Waals surface area contributed by atoms with Crippen LogP contribution in [0.1, 0.15) is 38.5 Å². The first-order valence-electron chi connectivity index (χ1n) is 7.39. The van der Waals surface area contributed by atoms with E-state index in [2.05, 4.69) is 4.98 Å². The monoisotopic (exact) mass is 289 g/mol. The molecule has 1 aromatic rings. The normalized spacial score (nSPS) is 11.2. The summed E-state index contributed by atoms with van der Waals surface area (Å²) < 4.78 is 5.52. The number of hydrogen-bond donors (Lipinski definition) is 1. The minimum Gasteiger partial charge on any atom is -0.478 e. The number of unbranched alkanes of at least 4 members (excludes halogenated alkanes) is 5. The highest BCUT2D eigenvalue weighted by atomic mass is 16.5. The summed E-state index contributed by atoms with van der Waals surface area (Å²) in [7, 11) is 0. The van der Waals surface area contributed by atoms with Gasteiger partial charge in [-0.25, -0.2) is 9.78 Å². The zero-order valence-electron chi connectivity index (χ0n) is 12.3. The SMILES string of the molecule is O=C(O)C=CC=CCCCCCCCOc1ccccn1. The van der Waals surface area contributed by atoms with Crippen LogP contribution in [0.4, 0.5) is 0 Å².